The number of fused-ring (bicyclic) bond motifs is 1. The van der Waals surface area contributed by atoms with Crippen LogP contribution in [0.5, 0.6) is 0 Å². The van der Waals surface area contributed by atoms with Crippen LogP contribution in [0.3, 0.4) is 0 Å². The number of urea groups is 1. The van der Waals surface area contributed by atoms with Crippen molar-refractivity contribution in [1.29, 1.82) is 0 Å². The Kier molecular flexibility index (Phi) is 6.12. The number of aromatic nitrogens is 2. The lowest BCUT2D eigenvalue weighted by atomic mass is 10.2. The summed E-state index contributed by atoms with van der Waals surface area (Å²) in [5.74, 6) is -0.0976. The molecule has 2 amide bonds. The minimum absolute atomic E-state index is 0.314. The first-order valence-corrected chi connectivity index (χ1v) is 9.99. The third-order valence-corrected chi connectivity index (χ3v) is 4.92. The van der Waals surface area contributed by atoms with Gasteiger partial charge in [-0.25, -0.2) is 19.0 Å². The number of rotatable bonds is 6. The Morgan fingerprint density at radius 3 is 2.59 bits per heavy atom. The molecule has 0 spiro atoms. The maximum absolute atomic E-state index is 13.4. The maximum atomic E-state index is 13.4. The molecule has 0 aliphatic heterocycles. The second kappa shape index (κ2) is 9.30. The standard InChI is InChI=1S/C24H21FN4O3/c1-32-23(30)17-5-4-6-19(15-17)27-24(31)26-13-14-29-21-8-3-2-7-20(21)28-22(29)16-9-11-18(25)12-10-16/h2-12,15H,13-14H2,1H3,(H2,26,27,31). The fourth-order valence-electron chi connectivity index (χ4n) is 3.42. The fourth-order valence-corrected chi connectivity index (χ4v) is 3.42. The number of anilines is 1. The van der Waals surface area contributed by atoms with E-state index in [0.717, 1.165) is 16.6 Å². The Labute approximate surface area is 183 Å². The smallest absolute Gasteiger partial charge is 0.337 e. The molecule has 3 aromatic carbocycles. The first kappa shape index (κ1) is 21.0. The van der Waals surface area contributed by atoms with E-state index in [0.29, 0.717) is 30.2 Å². The number of nitrogens with zero attached hydrogens (tertiary/aromatic N) is 2. The molecule has 0 saturated heterocycles. The van der Waals surface area contributed by atoms with Gasteiger partial charge in [0.25, 0.3) is 0 Å². The number of esters is 1. The van der Waals surface area contributed by atoms with Crippen LogP contribution in [0.25, 0.3) is 22.4 Å². The quantitative estimate of drug-likeness (QED) is 0.441. The minimum atomic E-state index is -0.477. The molecular weight excluding hydrogens is 411 g/mol. The Hall–Kier alpha value is -4.20. The second-order valence-electron chi connectivity index (χ2n) is 7.04. The van der Waals surface area contributed by atoms with Gasteiger partial charge in [-0.15, -0.1) is 0 Å². The molecule has 0 atom stereocenters. The van der Waals surface area contributed by atoms with Gasteiger partial charge in [-0.3, -0.25) is 0 Å². The number of hydrogen-bond acceptors (Lipinski definition) is 4. The lowest BCUT2D eigenvalue weighted by Crippen LogP contribution is -2.31. The third kappa shape index (κ3) is 4.59. The highest BCUT2D eigenvalue weighted by Gasteiger charge is 2.13. The zero-order valence-corrected chi connectivity index (χ0v) is 17.3. The summed E-state index contributed by atoms with van der Waals surface area (Å²) < 4.78 is 20.0. The van der Waals surface area contributed by atoms with Crippen LogP contribution >= 0.6 is 0 Å². The third-order valence-electron chi connectivity index (χ3n) is 4.92. The molecular formula is C24H21FN4O3. The molecule has 4 rings (SSSR count). The van der Waals surface area contributed by atoms with Crippen LogP contribution in [0.4, 0.5) is 14.9 Å². The van der Waals surface area contributed by atoms with Crippen LogP contribution in [-0.4, -0.2) is 35.2 Å². The molecule has 8 heteroatoms. The number of para-hydroxylation sites is 2. The first-order chi connectivity index (χ1) is 15.5. The van der Waals surface area contributed by atoms with Crippen LogP contribution in [0.1, 0.15) is 10.4 Å². The minimum Gasteiger partial charge on any atom is -0.465 e. The normalized spacial score (nSPS) is 10.7. The summed E-state index contributed by atoms with van der Waals surface area (Å²) in [7, 11) is 1.30. The van der Waals surface area contributed by atoms with Crippen molar-refractivity contribution in [2.75, 3.05) is 19.0 Å². The molecule has 1 aromatic heterocycles. The molecule has 0 saturated carbocycles. The number of carbonyl (C=O) groups excluding carboxylic acids is 2. The fraction of sp³-hybridized carbons (Fsp3) is 0.125. The predicted molar refractivity (Wildman–Crippen MR) is 120 cm³/mol. The van der Waals surface area contributed by atoms with Crippen molar-refractivity contribution >= 4 is 28.7 Å². The van der Waals surface area contributed by atoms with Gasteiger partial charge in [0.2, 0.25) is 0 Å². The Morgan fingerprint density at radius 1 is 1.03 bits per heavy atom. The zero-order valence-electron chi connectivity index (χ0n) is 17.3. The molecule has 0 aliphatic rings. The lowest BCUT2D eigenvalue weighted by molar-refractivity contribution is 0.0600. The number of imidazole rings is 1. The van der Waals surface area contributed by atoms with E-state index in [2.05, 4.69) is 15.6 Å². The monoisotopic (exact) mass is 432 g/mol. The Morgan fingerprint density at radius 2 is 1.81 bits per heavy atom. The van der Waals surface area contributed by atoms with E-state index in [1.165, 1.54) is 19.2 Å². The molecule has 7 nitrogen and oxygen atoms in total. The van der Waals surface area contributed by atoms with Gasteiger partial charge >= 0.3 is 12.0 Å². The molecule has 162 valence electrons. The molecule has 0 bridgehead atoms. The van der Waals surface area contributed by atoms with E-state index in [4.69, 9.17) is 4.74 Å². The van der Waals surface area contributed by atoms with Crippen molar-refractivity contribution in [3.63, 3.8) is 0 Å². The second-order valence-corrected chi connectivity index (χ2v) is 7.04. The zero-order chi connectivity index (χ0) is 22.5. The molecule has 0 fully saturated rings. The largest absolute Gasteiger partial charge is 0.465 e. The van der Waals surface area contributed by atoms with Gasteiger partial charge in [0.05, 0.1) is 23.7 Å². The average molecular weight is 432 g/mol. The van der Waals surface area contributed by atoms with Crippen molar-refractivity contribution in [2.45, 2.75) is 6.54 Å². The van der Waals surface area contributed by atoms with Gasteiger partial charge < -0.3 is 19.9 Å². The molecule has 1 heterocycles. The number of carbonyl (C=O) groups is 2. The Bertz CT molecular complexity index is 1270. The van der Waals surface area contributed by atoms with Crippen LogP contribution in [-0.2, 0) is 11.3 Å². The summed E-state index contributed by atoms with van der Waals surface area (Å²) in [5, 5.41) is 5.52. The number of methoxy groups -OCH3 is 1. The van der Waals surface area contributed by atoms with Crippen molar-refractivity contribution < 1.29 is 18.7 Å². The van der Waals surface area contributed by atoms with E-state index in [9.17, 15) is 14.0 Å². The number of ether oxygens (including phenoxy) is 1. The number of nitrogens with one attached hydrogen (secondary N) is 2. The van der Waals surface area contributed by atoms with Gasteiger partial charge in [-0.2, -0.15) is 0 Å². The number of amides is 2. The molecule has 0 radical (unpaired) electrons. The van der Waals surface area contributed by atoms with Crippen molar-refractivity contribution in [1.82, 2.24) is 14.9 Å². The molecule has 0 aliphatic carbocycles. The van der Waals surface area contributed by atoms with E-state index in [-0.39, 0.29) is 5.82 Å². The molecule has 32 heavy (non-hydrogen) atoms. The lowest BCUT2D eigenvalue weighted by Gasteiger charge is -2.12. The van der Waals surface area contributed by atoms with Crippen LogP contribution in [0, 0.1) is 5.82 Å². The van der Waals surface area contributed by atoms with Crippen molar-refractivity contribution in [3.8, 4) is 11.4 Å². The van der Waals surface area contributed by atoms with Crippen molar-refractivity contribution in [3.05, 3.63) is 84.2 Å². The summed E-state index contributed by atoms with van der Waals surface area (Å²) in [6.07, 6.45) is 0. The van der Waals surface area contributed by atoms with Crippen LogP contribution in [0.2, 0.25) is 0 Å². The van der Waals surface area contributed by atoms with Crippen molar-refractivity contribution in [2.24, 2.45) is 0 Å². The maximum Gasteiger partial charge on any atom is 0.337 e. The van der Waals surface area contributed by atoms with E-state index in [1.54, 1.807) is 36.4 Å². The summed E-state index contributed by atoms with van der Waals surface area (Å²) in [5.41, 5.74) is 3.34. The predicted octanol–water partition coefficient (Wildman–Crippen LogP) is 4.45. The summed E-state index contributed by atoms with van der Waals surface area (Å²) in [4.78, 5) is 28.7. The number of hydrogen-bond donors (Lipinski definition) is 2. The van der Waals surface area contributed by atoms with Gasteiger partial charge in [0, 0.05) is 24.3 Å². The average Bonchev–Trinajstić information content (AvgIpc) is 3.18. The molecule has 0 unspecified atom stereocenters. The summed E-state index contributed by atoms with van der Waals surface area (Å²) in [6, 6.07) is 19.9. The van der Waals surface area contributed by atoms with E-state index in [1.807, 2.05) is 28.8 Å². The number of halogens is 1. The summed E-state index contributed by atoms with van der Waals surface area (Å²) >= 11 is 0. The highest BCUT2D eigenvalue weighted by molar-refractivity contribution is 5.93. The van der Waals surface area contributed by atoms with Crippen LogP contribution in [0.15, 0.2) is 72.8 Å². The highest BCUT2D eigenvalue weighted by atomic mass is 19.1. The Balaban J connectivity index is 1.46. The molecule has 4 aromatic rings. The van der Waals surface area contributed by atoms with E-state index < -0.39 is 12.0 Å². The summed E-state index contributed by atoms with van der Waals surface area (Å²) in [6.45, 7) is 0.792. The highest BCUT2D eigenvalue weighted by Crippen LogP contribution is 2.24. The first-order valence-electron chi connectivity index (χ1n) is 9.99. The SMILES string of the molecule is COC(=O)c1cccc(NC(=O)NCCn2c(-c3ccc(F)cc3)nc3ccccc32)c1. The molecule has 2 N–H and O–H groups in total. The van der Waals surface area contributed by atoms with Gasteiger partial charge in [-0.05, 0) is 54.6 Å². The number of benzene rings is 3. The van der Waals surface area contributed by atoms with Gasteiger partial charge in [0.15, 0.2) is 0 Å². The van der Waals surface area contributed by atoms with Crippen LogP contribution < -0.4 is 10.6 Å². The topological polar surface area (TPSA) is 85.2 Å². The van der Waals surface area contributed by atoms with Gasteiger partial charge in [0.1, 0.15) is 11.6 Å². The van der Waals surface area contributed by atoms with Gasteiger partial charge in [-0.1, -0.05) is 18.2 Å². The van der Waals surface area contributed by atoms with E-state index >= 15 is 0 Å².